The van der Waals surface area contributed by atoms with E-state index in [2.05, 4.69) is 0 Å². The average molecular weight is 465 g/mol. The Morgan fingerprint density at radius 3 is 2.47 bits per heavy atom. The second-order valence-corrected chi connectivity index (χ2v) is 9.59. The number of aliphatic carboxylic acids is 1. The predicted molar refractivity (Wildman–Crippen MR) is 119 cm³/mol. The summed E-state index contributed by atoms with van der Waals surface area (Å²) in [7, 11) is 0. The highest BCUT2D eigenvalue weighted by Gasteiger charge is 2.53. The maximum atomic E-state index is 14.3. The molecule has 2 unspecified atom stereocenters. The number of benzene rings is 2. The lowest BCUT2D eigenvalue weighted by molar-refractivity contribution is -0.131. The molecule has 0 aliphatic carbocycles. The monoisotopic (exact) mass is 464 g/mol. The van der Waals surface area contributed by atoms with E-state index in [4.69, 9.17) is 28.2 Å². The molecule has 2 atom stereocenters. The lowest BCUT2D eigenvalue weighted by atomic mass is 9.81. The van der Waals surface area contributed by atoms with Crippen molar-refractivity contribution in [2.24, 2.45) is 10.9 Å². The first-order valence-electron chi connectivity index (χ1n) is 9.39. The van der Waals surface area contributed by atoms with E-state index in [0.717, 1.165) is 17.3 Å². The van der Waals surface area contributed by atoms with Crippen molar-refractivity contribution < 1.29 is 14.3 Å². The van der Waals surface area contributed by atoms with Crippen molar-refractivity contribution in [1.29, 1.82) is 0 Å². The number of hydrogen-bond donors (Lipinski definition) is 1. The van der Waals surface area contributed by atoms with Crippen LogP contribution in [0.1, 0.15) is 37.9 Å². The number of carboxylic acid groups (broad SMARTS) is 1. The zero-order valence-electron chi connectivity index (χ0n) is 16.5. The Hall–Kier alpha value is -2.02. The second-order valence-electron chi connectivity index (χ2n) is 7.77. The first kappa shape index (κ1) is 21.2. The fraction of sp³-hybridized carbons (Fsp3) is 0.273. The van der Waals surface area contributed by atoms with E-state index in [1.165, 1.54) is 12.1 Å². The third-order valence-corrected chi connectivity index (χ3v) is 7.06. The topological polar surface area (TPSA) is 52.9 Å². The summed E-state index contributed by atoms with van der Waals surface area (Å²) in [6.07, 6.45) is 0. The SMILES string of the molecule is CC(C)C1=C(C(=O)O)SC2=NC(C)(c3ccc(Cl)c(F)c3)C(c3ccc(Cl)cc3)N21. The summed E-state index contributed by atoms with van der Waals surface area (Å²) in [5, 5.41) is 11.0. The minimum atomic E-state index is -0.977. The summed E-state index contributed by atoms with van der Waals surface area (Å²) >= 11 is 13.1. The molecule has 0 fully saturated rings. The number of thioether (sulfide) groups is 1. The van der Waals surface area contributed by atoms with E-state index in [-0.39, 0.29) is 21.9 Å². The summed E-state index contributed by atoms with van der Waals surface area (Å²) in [6.45, 7) is 5.84. The summed E-state index contributed by atoms with van der Waals surface area (Å²) in [6, 6.07) is 11.7. The van der Waals surface area contributed by atoms with Gasteiger partial charge in [0.1, 0.15) is 16.3 Å². The van der Waals surface area contributed by atoms with Crippen LogP contribution in [0.25, 0.3) is 0 Å². The van der Waals surface area contributed by atoms with Gasteiger partial charge in [-0.15, -0.1) is 0 Å². The lowest BCUT2D eigenvalue weighted by Crippen LogP contribution is -2.36. The highest BCUT2D eigenvalue weighted by Crippen LogP contribution is 2.56. The smallest absolute Gasteiger partial charge is 0.344 e. The molecule has 2 aromatic carbocycles. The van der Waals surface area contributed by atoms with Crippen LogP contribution in [-0.2, 0) is 10.3 Å². The van der Waals surface area contributed by atoms with Gasteiger partial charge in [-0.25, -0.2) is 14.2 Å². The molecule has 2 aliphatic rings. The number of carbonyl (C=O) groups is 1. The standard InChI is InChI=1S/C22H19Cl2FN2O2S/c1-11(2)17-18(20(28)29)30-21-26-22(3,13-6-9-15(24)16(25)10-13)19(27(17)21)12-4-7-14(23)8-5-12/h4-11,19H,1-3H3,(H,28,29). The van der Waals surface area contributed by atoms with E-state index in [9.17, 15) is 14.3 Å². The number of amidine groups is 1. The van der Waals surface area contributed by atoms with Gasteiger partial charge in [0.25, 0.3) is 0 Å². The number of halogens is 3. The Kier molecular flexibility index (Phi) is 5.37. The second kappa shape index (κ2) is 7.59. The summed E-state index contributed by atoms with van der Waals surface area (Å²) < 4.78 is 14.3. The van der Waals surface area contributed by atoms with Crippen LogP contribution in [0.2, 0.25) is 10.0 Å². The van der Waals surface area contributed by atoms with Crippen LogP contribution in [0.3, 0.4) is 0 Å². The third kappa shape index (κ3) is 3.31. The van der Waals surface area contributed by atoms with Gasteiger partial charge >= 0.3 is 5.97 Å². The third-order valence-electron chi connectivity index (χ3n) is 5.44. The normalized spacial score (nSPS) is 23.2. The summed E-state index contributed by atoms with van der Waals surface area (Å²) in [5.41, 5.74) is 1.41. The molecule has 0 saturated carbocycles. The van der Waals surface area contributed by atoms with Crippen molar-refractivity contribution in [2.45, 2.75) is 32.4 Å². The van der Waals surface area contributed by atoms with Crippen LogP contribution in [-0.4, -0.2) is 21.1 Å². The number of nitrogens with zero attached hydrogens (tertiary/aromatic N) is 2. The Bertz CT molecular complexity index is 1100. The van der Waals surface area contributed by atoms with Crippen molar-refractivity contribution in [2.75, 3.05) is 0 Å². The molecule has 4 rings (SSSR count). The van der Waals surface area contributed by atoms with Gasteiger partial charge in [0.05, 0.1) is 11.1 Å². The van der Waals surface area contributed by atoms with Crippen molar-refractivity contribution in [3.63, 3.8) is 0 Å². The molecule has 4 nitrogen and oxygen atoms in total. The maximum absolute atomic E-state index is 14.3. The molecule has 8 heteroatoms. The Labute approximate surface area is 188 Å². The molecule has 2 aromatic rings. The summed E-state index contributed by atoms with van der Waals surface area (Å²) in [4.78, 5) is 19.1. The van der Waals surface area contributed by atoms with Gasteiger partial charge in [0.15, 0.2) is 5.17 Å². The zero-order chi connectivity index (χ0) is 21.8. The molecule has 2 aliphatic heterocycles. The molecule has 156 valence electrons. The number of allylic oxidation sites excluding steroid dienone is 1. The first-order valence-corrected chi connectivity index (χ1v) is 11.0. The first-order chi connectivity index (χ1) is 14.1. The van der Waals surface area contributed by atoms with Crippen molar-refractivity contribution in [3.8, 4) is 0 Å². The molecule has 30 heavy (non-hydrogen) atoms. The Balaban J connectivity index is 1.93. The van der Waals surface area contributed by atoms with Gasteiger partial charge in [0.2, 0.25) is 0 Å². The van der Waals surface area contributed by atoms with Crippen LogP contribution in [0, 0.1) is 11.7 Å². The van der Waals surface area contributed by atoms with Crippen molar-refractivity contribution in [3.05, 3.63) is 80.1 Å². The van der Waals surface area contributed by atoms with Crippen LogP contribution >= 0.6 is 35.0 Å². The minimum Gasteiger partial charge on any atom is -0.477 e. The average Bonchev–Trinajstić information content (AvgIpc) is 3.17. The number of fused-ring (bicyclic) bond motifs is 1. The van der Waals surface area contributed by atoms with Crippen LogP contribution in [0.4, 0.5) is 4.39 Å². The number of aliphatic imine (C=N–C) groups is 1. The van der Waals surface area contributed by atoms with E-state index >= 15 is 0 Å². The molecule has 0 aromatic heterocycles. The van der Waals surface area contributed by atoms with E-state index in [1.54, 1.807) is 18.2 Å². The van der Waals surface area contributed by atoms with Gasteiger partial charge in [0, 0.05) is 10.7 Å². The van der Waals surface area contributed by atoms with E-state index < -0.39 is 17.3 Å². The number of rotatable bonds is 4. The van der Waals surface area contributed by atoms with Crippen molar-refractivity contribution in [1.82, 2.24) is 4.90 Å². The highest BCUT2D eigenvalue weighted by atomic mass is 35.5. The number of hydrogen-bond acceptors (Lipinski definition) is 4. The minimum absolute atomic E-state index is 0.0434. The molecular weight excluding hydrogens is 446 g/mol. The largest absolute Gasteiger partial charge is 0.477 e. The maximum Gasteiger partial charge on any atom is 0.344 e. The predicted octanol–water partition coefficient (Wildman–Crippen LogP) is 6.46. The van der Waals surface area contributed by atoms with Crippen LogP contribution in [0.5, 0.6) is 0 Å². The van der Waals surface area contributed by atoms with Gasteiger partial charge < -0.3 is 10.0 Å². The van der Waals surface area contributed by atoms with Gasteiger partial charge in [-0.05, 0) is 60.0 Å². The highest BCUT2D eigenvalue weighted by molar-refractivity contribution is 8.18. The summed E-state index contributed by atoms with van der Waals surface area (Å²) in [5.74, 6) is -1.54. The van der Waals surface area contributed by atoms with E-state index in [1.807, 2.05) is 37.8 Å². The quantitative estimate of drug-likeness (QED) is 0.563. The molecule has 2 heterocycles. The molecule has 0 spiro atoms. The van der Waals surface area contributed by atoms with Crippen LogP contribution in [0.15, 0.2) is 58.1 Å². The molecular formula is C22H19Cl2FN2O2S. The Morgan fingerprint density at radius 1 is 1.23 bits per heavy atom. The van der Waals surface area contributed by atoms with Gasteiger partial charge in [-0.1, -0.05) is 55.2 Å². The van der Waals surface area contributed by atoms with E-state index in [0.29, 0.717) is 21.5 Å². The molecule has 0 bridgehead atoms. The lowest BCUT2D eigenvalue weighted by Gasteiger charge is -2.37. The zero-order valence-corrected chi connectivity index (χ0v) is 18.8. The molecule has 0 saturated heterocycles. The van der Waals surface area contributed by atoms with Crippen LogP contribution < -0.4 is 0 Å². The fourth-order valence-corrected chi connectivity index (χ4v) is 5.58. The molecule has 0 radical (unpaired) electrons. The Morgan fingerprint density at radius 2 is 1.90 bits per heavy atom. The molecule has 1 N–H and O–H groups in total. The van der Waals surface area contributed by atoms with Gasteiger partial charge in [-0.2, -0.15) is 0 Å². The molecule has 0 amide bonds. The van der Waals surface area contributed by atoms with Crippen molar-refractivity contribution >= 4 is 46.1 Å². The number of carboxylic acids is 1. The van der Waals surface area contributed by atoms with Gasteiger partial charge in [-0.3, -0.25) is 0 Å². The fourth-order valence-electron chi connectivity index (χ4n) is 4.09.